The van der Waals surface area contributed by atoms with Gasteiger partial charge in [0.1, 0.15) is 5.75 Å². The Kier molecular flexibility index (Phi) is 3.54. The van der Waals surface area contributed by atoms with Gasteiger partial charge in [-0.25, -0.2) is 0 Å². The standard InChI is InChI=1S/C12H10ClF3O2/c1-17-6-8-5-9(13)4-7-2-3-10(12(14,15)16)18-11(7)8/h2-5,10H,6H2,1H3/t10-/m0/s1. The first-order chi connectivity index (χ1) is 8.41. The molecule has 1 aromatic rings. The van der Waals surface area contributed by atoms with Crippen molar-refractivity contribution < 1.29 is 22.6 Å². The van der Waals surface area contributed by atoms with Crippen LogP contribution in [0.1, 0.15) is 11.1 Å². The maximum Gasteiger partial charge on any atom is 0.429 e. The van der Waals surface area contributed by atoms with E-state index in [-0.39, 0.29) is 12.4 Å². The van der Waals surface area contributed by atoms with Crippen LogP contribution in [0.3, 0.4) is 0 Å². The zero-order chi connectivity index (χ0) is 13.3. The molecule has 18 heavy (non-hydrogen) atoms. The van der Waals surface area contributed by atoms with E-state index in [1.165, 1.54) is 19.3 Å². The summed E-state index contributed by atoms with van der Waals surface area (Å²) in [7, 11) is 1.45. The van der Waals surface area contributed by atoms with Gasteiger partial charge in [0, 0.05) is 23.3 Å². The van der Waals surface area contributed by atoms with Crippen molar-refractivity contribution in [3.05, 3.63) is 34.4 Å². The van der Waals surface area contributed by atoms with Gasteiger partial charge in [-0.15, -0.1) is 0 Å². The Morgan fingerprint density at radius 3 is 2.72 bits per heavy atom. The SMILES string of the molecule is COCc1cc(Cl)cc2c1O[C@H](C(F)(F)F)C=C2. The van der Waals surface area contributed by atoms with Crippen LogP contribution in [0.15, 0.2) is 18.2 Å². The summed E-state index contributed by atoms with van der Waals surface area (Å²) >= 11 is 5.88. The van der Waals surface area contributed by atoms with Crippen LogP contribution in [0.2, 0.25) is 5.02 Å². The zero-order valence-electron chi connectivity index (χ0n) is 9.42. The van der Waals surface area contributed by atoms with Crippen molar-refractivity contribution in [1.82, 2.24) is 0 Å². The van der Waals surface area contributed by atoms with E-state index in [1.807, 2.05) is 0 Å². The van der Waals surface area contributed by atoms with Crippen LogP contribution < -0.4 is 4.74 Å². The average molecular weight is 279 g/mol. The molecule has 1 aliphatic rings. The van der Waals surface area contributed by atoms with E-state index in [0.29, 0.717) is 16.1 Å². The summed E-state index contributed by atoms with van der Waals surface area (Å²) in [6, 6.07) is 3.09. The number of halogens is 4. The molecule has 0 N–H and O–H groups in total. The van der Waals surface area contributed by atoms with Crippen molar-refractivity contribution >= 4 is 17.7 Å². The number of alkyl halides is 3. The first kappa shape index (κ1) is 13.2. The van der Waals surface area contributed by atoms with Gasteiger partial charge in [-0.05, 0) is 18.2 Å². The van der Waals surface area contributed by atoms with Gasteiger partial charge < -0.3 is 9.47 Å². The van der Waals surface area contributed by atoms with Crippen LogP contribution in [-0.2, 0) is 11.3 Å². The normalized spacial score (nSPS) is 18.4. The fourth-order valence-electron chi connectivity index (χ4n) is 1.74. The second-order valence-corrected chi connectivity index (χ2v) is 4.29. The molecule has 98 valence electrons. The molecular weight excluding hydrogens is 269 g/mol. The van der Waals surface area contributed by atoms with E-state index < -0.39 is 12.3 Å². The predicted octanol–water partition coefficient (Wildman–Crippen LogP) is 3.82. The first-order valence-electron chi connectivity index (χ1n) is 5.14. The van der Waals surface area contributed by atoms with Crippen LogP contribution in [-0.4, -0.2) is 19.4 Å². The Labute approximate surface area is 107 Å². The van der Waals surface area contributed by atoms with Crippen LogP contribution in [0, 0.1) is 0 Å². The van der Waals surface area contributed by atoms with Crippen molar-refractivity contribution in [2.75, 3.05) is 7.11 Å². The van der Waals surface area contributed by atoms with E-state index in [2.05, 4.69) is 0 Å². The number of fused-ring (bicyclic) bond motifs is 1. The van der Waals surface area contributed by atoms with E-state index in [9.17, 15) is 13.2 Å². The lowest BCUT2D eigenvalue weighted by molar-refractivity contribution is -0.180. The fraction of sp³-hybridized carbons (Fsp3) is 0.333. The van der Waals surface area contributed by atoms with Crippen molar-refractivity contribution in [1.29, 1.82) is 0 Å². The van der Waals surface area contributed by atoms with Gasteiger partial charge in [0.15, 0.2) is 0 Å². The molecule has 1 heterocycles. The monoisotopic (exact) mass is 278 g/mol. The van der Waals surface area contributed by atoms with Gasteiger partial charge in [0.05, 0.1) is 6.61 Å². The molecule has 2 rings (SSSR count). The number of rotatable bonds is 2. The summed E-state index contributed by atoms with van der Waals surface area (Å²) in [6.45, 7) is 0.140. The Balaban J connectivity index is 2.41. The minimum absolute atomic E-state index is 0.140. The van der Waals surface area contributed by atoms with Crippen molar-refractivity contribution in [2.45, 2.75) is 18.9 Å². The Morgan fingerprint density at radius 1 is 1.39 bits per heavy atom. The molecule has 0 aromatic heterocycles. The van der Waals surface area contributed by atoms with Gasteiger partial charge in [-0.1, -0.05) is 17.7 Å². The maximum absolute atomic E-state index is 12.6. The van der Waals surface area contributed by atoms with Crippen molar-refractivity contribution in [2.24, 2.45) is 0 Å². The Bertz CT molecular complexity index is 483. The smallest absolute Gasteiger partial charge is 0.429 e. The predicted molar refractivity (Wildman–Crippen MR) is 61.7 cm³/mol. The molecule has 0 amide bonds. The molecule has 0 saturated carbocycles. The third kappa shape index (κ3) is 2.62. The van der Waals surface area contributed by atoms with Gasteiger partial charge in [0.2, 0.25) is 6.10 Å². The van der Waals surface area contributed by atoms with E-state index in [1.54, 1.807) is 6.07 Å². The number of hydrogen-bond donors (Lipinski definition) is 0. The van der Waals surface area contributed by atoms with Crippen LogP contribution in [0.4, 0.5) is 13.2 Å². The quantitative estimate of drug-likeness (QED) is 0.819. The molecule has 1 aromatic carbocycles. The molecule has 0 aliphatic carbocycles. The van der Waals surface area contributed by atoms with Gasteiger partial charge >= 0.3 is 6.18 Å². The lowest BCUT2D eigenvalue weighted by Crippen LogP contribution is -2.34. The lowest BCUT2D eigenvalue weighted by Gasteiger charge is -2.25. The number of hydrogen-bond acceptors (Lipinski definition) is 2. The first-order valence-corrected chi connectivity index (χ1v) is 5.52. The minimum atomic E-state index is -4.43. The molecule has 0 spiro atoms. The van der Waals surface area contributed by atoms with Gasteiger partial charge in [0.25, 0.3) is 0 Å². The second kappa shape index (κ2) is 4.82. The summed E-state index contributed by atoms with van der Waals surface area (Å²) < 4.78 is 47.7. The molecule has 1 atom stereocenters. The fourth-order valence-corrected chi connectivity index (χ4v) is 1.99. The van der Waals surface area contributed by atoms with Crippen LogP contribution in [0.25, 0.3) is 6.08 Å². The Morgan fingerprint density at radius 2 is 2.11 bits per heavy atom. The molecule has 0 radical (unpaired) electrons. The zero-order valence-corrected chi connectivity index (χ0v) is 10.2. The molecule has 0 fully saturated rings. The van der Waals surface area contributed by atoms with Gasteiger partial charge in [-0.3, -0.25) is 0 Å². The highest BCUT2D eigenvalue weighted by atomic mass is 35.5. The van der Waals surface area contributed by atoms with E-state index in [0.717, 1.165) is 6.08 Å². The van der Waals surface area contributed by atoms with Gasteiger partial charge in [-0.2, -0.15) is 13.2 Å². The highest BCUT2D eigenvalue weighted by molar-refractivity contribution is 6.30. The highest BCUT2D eigenvalue weighted by Crippen LogP contribution is 2.37. The second-order valence-electron chi connectivity index (χ2n) is 3.86. The summed E-state index contributed by atoms with van der Waals surface area (Å²) in [5.74, 6) is 0.172. The number of benzene rings is 1. The van der Waals surface area contributed by atoms with Crippen molar-refractivity contribution in [3.8, 4) is 5.75 Å². The largest absolute Gasteiger partial charge is 0.476 e. The third-order valence-corrected chi connectivity index (χ3v) is 2.70. The molecule has 0 unspecified atom stereocenters. The topological polar surface area (TPSA) is 18.5 Å². The molecular formula is C12H10ClF3O2. The molecule has 0 saturated heterocycles. The third-order valence-electron chi connectivity index (χ3n) is 2.48. The lowest BCUT2D eigenvalue weighted by atomic mass is 10.0. The summed E-state index contributed by atoms with van der Waals surface area (Å²) in [6.07, 6.45) is -4.03. The molecule has 6 heteroatoms. The minimum Gasteiger partial charge on any atom is -0.476 e. The van der Waals surface area contributed by atoms with Crippen LogP contribution in [0.5, 0.6) is 5.75 Å². The molecule has 2 nitrogen and oxygen atoms in total. The van der Waals surface area contributed by atoms with E-state index >= 15 is 0 Å². The molecule has 1 aliphatic heterocycles. The molecule has 0 bridgehead atoms. The summed E-state index contributed by atoms with van der Waals surface area (Å²) in [5.41, 5.74) is 1.02. The van der Waals surface area contributed by atoms with Crippen molar-refractivity contribution in [3.63, 3.8) is 0 Å². The Hall–Kier alpha value is -1.20. The summed E-state index contributed by atoms with van der Waals surface area (Å²) in [5, 5.41) is 0.430. The summed E-state index contributed by atoms with van der Waals surface area (Å²) in [4.78, 5) is 0. The number of methoxy groups -OCH3 is 1. The van der Waals surface area contributed by atoms with E-state index in [4.69, 9.17) is 21.1 Å². The highest BCUT2D eigenvalue weighted by Gasteiger charge is 2.41. The maximum atomic E-state index is 12.6. The van der Waals surface area contributed by atoms with Crippen LogP contribution >= 0.6 is 11.6 Å². The number of ether oxygens (including phenoxy) is 2. The average Bonchev–Trinajstić information content (AvgIpc) is 2.27.